The van der Waals surface area contributed by atoms with Crippen LogP contribution in [0.25, 0.3) is 0 Å². The van der Waals surface area contributed by atoms with Gasteiger partial charge in [0.15, 0.2) is 0 Å². The second kappa shape index (κ2) is 5.07. The van der Waals surface area contributed by atoms with E-state index >= 15 is 0 Å². The molecule has 1 rings (SSSR count). The van der Waals surface area contributed by atoms with Gasteiger partial charge < -0.3 is 19.3 Å². The fraction of sp³-hybridized carbons (Fsp3) is 0.500. The van der Waals surface area contributed by atoms with E-state index in [2.05, 4.69) is 0 Å². The summed E-state index contributed by atoms with van der Waals surface area (Å²) in [5.41, 5.74) is -0.865. The molecule has 0 saturated heterocycles. The molecule has 0 atom stereocenters. The third kappa shape index (κ3) is 3.98. The Hall–Kier alpha value is -1.42. The summed E-state index contributed by atoms with van der Waals surface area (Å²) in [6, 6.07) is 5.25. The molecule has 0 saturated carbocycles. The lowest BCUT2D eigenvalue weighted by molar-refractivity contribution is 0.0283. The van der Waals surface area contributed by atoms with Crippen LogP contribution in [0.1, 0.15) is 13.8 Å². The van der Waals surface area contributed by atoms with Gasteiger partial charge in [-0.25, -0.2) is 0 Å². The van der Waals surface area contributed by atoms with Crippen molar-refractivity contribution in [1.29, 1.82) is 0 Å². The van der Waals surface area contributed by atoms with Crippen LogP contribution in [0.15, 0.2) is 18.2 Å². The van der Waals surface area contributed by atoms with Crippen molar-refractivity contribution in [3.63, 3.8) is 0 Å². The van der Waals surface area contributed by atoms with Crippen molar-refractivity contribution >= 4 is 0 Å². The average molecular weight is 226 g/mol. The van der Waals surface area contributed by atoms with Crippen LogP contribution in [0.5, 0.6) is 17.2 Å². The van der Waals surface area contributed by atoms with E-state index in [1.807, 2.05) is 0 Å². The smallest absolute Gasteiger partial charge is 0.126 e. The summed E-state index contributed by atoms with van der Waals surface area (Å²) >= 11 is 0. The topological polar surface area (TPSA) is 47.9 Å². The minimum atomic E-state index is -0.865. The summed E-state index contributed by atoms with van der Waals surface area (Å²) in [6.07, 6.45) is 0. The molecule has 0 heterocycles. The van der Waals surface area contributed by atoms with Gasteiger partial charge in [0.25, 0.3) is 0 Å². The van der Waals surface area contributed by atoms with Crippen LogP contribution in [-0.2, 0) is 0 Å². The Morgan fingerprint density at radius 1 is 1.00 bits per heavy atom. The Labute approximate surface area is 95.8 Å². The maximum absolute atomic E-state index is 9.54. The summed E-state index contributed by atoms with van der Waals surface area (Å²) in [7, 11) is 3.16. The summed E-state index contributed by atoms with van der Waals surface area (Å²) in [4.78, 5) is 0. The van der Waals surface area contributed by atoms with Gasteiger partial charge in [0.2, 0.25) is 0 Å². The molecule has 4 heteroatoms. The summed E-state index contributed by atoms with van der Waals surface area (Å²) in [5.74, 6) is 1.92. The summed E-state index contributed by atoms with van der Waals surface area (Å²) in [6.45, 7) is 3.58. The summed E-state index contributed by atoms with van der Waals surface area (Å²) < 4.78 is 15.7. The minimum absolute atomic E-state index is 0.212. The Bertz CT molecular complexity index is 319. The number of hydrogen-bond acceptors (Lipinski definition) is 4. The molecule has 16 heavy (non-hydrogen) atoms. The molecular formula is C12H18O4. The van der Waals surface area contributed by atoms with Crippen molar-refractivity contribution in [1.82, 2.24) is 0 Å². The molecule has 0 radical (unpaired) electrons. The van der Waals surface area contributed by atoms with Crippen LogP contribution in [0, 0.1) is 0 Å². The minimum Gasteiger partial charge on any atom is -0.496 e. The monoisotopic (exact) mass is 226 g/mol. The molecule has 1 aromatic carbocycles. The van der Waals surface area contributed by atoms with E-state index in [0.29, 0.717) is 17.2 Å². The van der Waals surface area contributed by atoms with E-state index in [-0.39, 0.29) is 6.61 Å². The predicted molar refractivity (Wildman–Crippen MR) is 61.3 cm³/mol. The standard InChI is InChI=1S/C12H18O4/c1-12(2,13)8-16-11-6-9(14-3)5-10(7-11)15-4/h5-7,13H,8H2,1-4H3. The van der Waals surface area contributed by atoms with Crippen LogP contribution >= 0.6 is 0 Å². The molecule has 0 unspecified atom stereocenters. The lowest BCUT2D eigenvalue weighted by Gasteiger charge is -2.18. The van der Waals surface area contributed by atoms with Crippen molar-refractivity contribution in [3.8, 4) is 17.2 Å². The first-order valence-electron chi connectivity index (χ1n) is 5.03. The van der Waals surface area contributed by atoms with Crippen molar-refractivity contribution in [3.05, 3.63) is 18.2 Å². The Kier molecular flexibility index (Phi) is 4.01. The van der Waals surface area contributed by atoms with Gasteiger partial charge in [-0.15, -0.1) is 0 Å². The molecule has 0 aliphatic heterocycles. The van der Waals surface area contributed by atoms with E-state index in [1.54, 1.807) is 46.3 Å². The molecule has 1 N–H and O–H groups in total. The fourth-order valence-corrected chi connectivity index (χ4v) is 1.12. The number of aliphatic hydroxyl groups is 1. The van der Waals surface area contributed by atoms with Gasteiger partial charge >= 0.3 is 0 Å². The SMILES string of the molecule is COc1cc(OC)cc(OCC(C)(C)O)c1. The first kappa shape index (κ1) is 12.6. The zero-order chi connectivity index (χ0) is 12.2. The van der Waals surface area contributed by atoms with Crippen LogP contribution in [-0.4, -0.2) is 31.5 Å². The lowest BCUT2D eigenvalue weighted by Crippen LogP contribution is -2.27. The van der Waals surface area contributed by atoms with E-state index < -0.39 is 5.60 Å². The fourth-order valence-electron chi connectivity index (χ4n) is 1.12. The maximum atomic E-state index is 9.54. The molecule has 0 aliphatic rings. The number of rotatable bonds is 5. The van der Waals surface area contributed by atoms with Gasteiger partial charge in [0.05, 0.1) is 19.8 Å². The van der Waals surface area contributed by atoms with Gasteiger partial charge in [-0.05, 0) is 13.8 Å². The van der Waals surface area contributed by atoms with Crippen molar-refractivity contribution in [2.75, 3.05) is 20.8 Å². The zero-order valence-corrected chi connectivity index (χ0v) is 10.1. The maximum Gasteiger partial charge on any atom is 0.126 e. The van der Waals surface area contributed by atoms with Gasteiger partial charge in [-0.3, -0.25) is 0 Å². The highest BCUT2D eigenvalue weighted by Gasteiger charge is 2.14. The molecule has 4 nitrogen and oxygen atoms in total. The molecule has 0 bridgehead atoms. The number of hydrogen-bond donors (Lipinski definition) is 1. The molecule has 0 aromatic heterocycles. The third-order valence-corrected chi connectivity index (χ3v) is 1.92. The first-order valence-corrected chi connectivity index (χ1v) is 5.03. The quantitative estimate of drug-likeness (QED) is 0.832. The van der Waals surface area contributed by atoms with Crippen LogP contribution in [0.4, 0.5) is 0 Å². The van der Waals surface area contributed by atoms with Crippen LogP contribution in [0.2, 0.25) is 0 Å². The van der Waals surface area contributed by atoms with E-state index in [9.17, 15) is 5.11 Å². The predicted octanol–water partition coefficient (Wildman–Crippen LogP) is 1.85. The van der Waals surface area contributed by atoms with E-state index in [4.69, 9.17) is 14.2 Å². The molecule has 0 spiro atoms. The molecule has 0 fully saturated rings. The Morgan fingerprint density at radius 2 is 1.44 bits per heavy atom. The van der Waals surface area contributed by atoms with E-state index in [1.165, 1.54) is 0 Å². The molecular weight excluding hydrogens is 208 g/mol. The number of benzene rings is 1. The largest absolute Gasteiger partial charge is 0.496 e. The van der Waals surface area contributed by atoms with Gasteiger partial charge in [0.1, 0.15) is 23.9 Å². The van der Waals surface area contributed by atoms with Gasteiger partial charge in [0, 0.05) is 18.2 Å². The first-order chi connectivity index (χ1) is 7.44. The highest BCUT2D eigenvalue weighted by molar-refractivity contribution is 5.42. The Morgan fingerprint density at radius 3 is 1.81 bits per heavy atom. The molecule has 0 amide bonds. The lowest BCUT2D eigenvalue weighted by atomic mass is 10.2. The van der Waals surface area contributed by atoms with Gasteiger partial charge in [-0.1, -0.05) is 0 Å². The van der Waals surface area contributed by atoms with Crippen molar-refractivity contribution in [2.24, 2.45) is 0 Å². The van der Waals surface area contributed by atoms with Crippen molar-refractivity contribution < 1.29 is 19.3 Å². The highest BCUT2D eigenvalue weighted by atomic mass is 16.5. The molecule has 0 aliphatic carbocycles. The summed E-state index contributed by atoms with van der Waals surface area (Å²) in [5, 5.41) is 9.54. The molecule has 1 aromatic rings. The number of ether oxygens (including phenoxy) is 3. The average Bonchev–Trinajstić information content (AvgIpc) is 2.25. The van der Waals surface area contributed by atoms with Crippen LogP contribution in [0.3, 0.4) is 0 Å². The third-order valence-electron chi connectivity index (χ3n) is 1.92. The molecule has 90 valence electrons. The van der Waals surface area contributed by atoms with Crippen molar-refractivity contribution in [2.45, 2.75) is 19.4 Å². The van der Waals surface area contributed by atoms with Crippen LogP contribution < -0.4 is 14.2 Å². The Balaban J connectivity index is 2.79. The zero-order valence-electron chi connectivity index (χ0n) is 10.1. The highest BCUT2D eigenvalue weighted by Crippen LogP contribution is 2.27. The van der Waals surface area contributed by atoms with Gasteiger partial charge in [-0.2, -0.15) is 0 Å². The van der Waals surface area contributed by atoms with E-state index in [0.717, 1.165) is 0 Å². The normalized spacial score (nSPS) is 11.1. The number of methoxy groups -OCH3 is 2. The second-order valence-electron chi connectivity index (χ2n) is 4.15. The second-order valence-corrected chi connectivity index (χ2v) is 4.15.